The molecule has 0 aromatic rings. The number of hydrogen-bond acceptors (Lipinski definition) is 2. The second-order valence-corrected chi connectivity index (χ2v) is 5.12. The van der Waals surface area contributed by atoms with E-state index in [0.717, 1.165) is 12.8 Å². The van der Waals surface area contributed by atoms with Gasteiger partial charge in [-0.15, -0.1) is 0 Å². The molecule has 0 aliphatic carbocycles. The standard InChI is InChI=1S/C12H27O3P.2K.2H/c1-2-3-4-5-6-7-8-9-10-11-12-15-16(13)14;;;;/h16H,2-12H2,1H3,(H,13,14);;;;. The van der Waals surface area contributed by atoms with Crippen LogP contribution in [0.2, 0.25) is 0 Å². The Hall–Kier alpha value is 3.42. The van der Waals surface area contributed by atoms with Crippen LogP contribution in [-0.2, 0) is 9.09 Å². The molecule has 0 rings (SSSR count). The van der Waals surface area contributed by atoms with Gasteiger partial charge < -0.3 is 9.42 Å². The van der Waals surface area contributed by atoms with Crippen molar-refractivity contribution in [3.05, 3.63) is 0 Å². The summed E-state index contributed by atoms with van der Waals surface area (Å²) in [6, 6.07) is 0. The topological polar surface area (TPSA) is 46.5 Å². The van der Waals surface area contributed by atoms with E-state index in [4.69, 9.17) is 4.89 Å². The van der Waals surface area contributed by atoms with Crippen LogP contribution < -0.4 is 0 Å². The summed E-state index contributed by atoms with van der Waals surface area (Å²) in [5, 5.41) is 0. The summed E-state index contributed by atoms with van der Waals surface area (Å²) in [6.45, 7) is 2.67. The summed E-state index contributed by atoms with van der Waals surface area (Å²) >= 11 is 0. The van der Waals surface area contributed by atoms with Gasteiger partial charge in [0.1, 0.15) is 0 Å². The Morgan fingerprint density at radius 3 is 1.61 bits per heavy atom. The first-order valence-corrected chi connectivity index (χ1v) is 7.89. The maximum atomic E-state index is 10.2. The molecule has 102 valence electrons. The van der Waals surface area contributed by atoms with Crippen LogP contribution in [0, 0.1) is 0 Å². The molecule has 0 aliphatic rings. The molecule has 0 aliphatic heterocycles. The van der Waals surface area contributed by atoms with E-state index in [2.05, 4.69) is 11.4 Å². The summed E-state index contributed by atoms with van der Waals surface area (Å²) in [4.78, 5) is 8.42. The summed E-state index contributed by atoms with van der Waals surface area (Å²) in [7, 11) is -2.69. The number of unbranched alkanes of at least 4 members (excludes halogenated alkanes) is 9. The summed E-state index contributed by atoms with van der Waals surface area (Å²) in [6.07, 6.45) is 12.7. The van der Waals surface area contributed by atoms with Gasteiger partial charge in [-0.25, -0.2) is 0 Å². The first-order valence-electron chi connectivity index (χ1n) is 6.63. The Morgan fingerprint density at radius 2 is 1.22 bits per heavy atom. The first-order chi connectivity index (χ1) is 7.77. The molecule has 0 fully saturated rings. The Balaban J connectivity index is -0.00000112. The van der Waals surface area contributed by atoms with E-state index < -0.39 is 8.25 Å². The van der Waals surface area contributed by atoms with Crippen molar-refractivity contribution < 1.29 is 14.0 Å². The zero-order valence-electron chi connectivity index (χ0n) is 10.5. The maximum absolute atomic E-state index is 10.2. The van der Waals surface area contributed by atoms with Crippen LogP contribution in [0.5, 0.6) is 0 Å². The molecule has 0 saturated heterocycles. The molecule has 0 aromatic carbocycles. The third-order valence-electron chi connectivity index (χ3n) is 2.72. The van der Waals surface area contributed by atoms with Crippen LogP contribution in [0.15, 0.2) is 0 Å². The van der Waals surface area contributed by atoms with Gasteiger partial charge in [0, 0.05) is 0 Å². The van der Waals surface area contributed by atoms with Crippen LogP contribution >= 0.6 is 8.25 Å². The van der Waals surface area contributed by atoms with E-state index in [1.54, 1.807) is 0 Å². The minimum atomic E-state index is -2.69. The third kappa shape index (κ3) is 24.4. The SMILES string of the molecule is CCCCCCCCCCCCO[PH](=O)O.[KH].[KH]. The van der Waals surface area contributed by atoms with Gasteiger partial charge in [0.05, 0.1) is 6.61 Å². The second kappa shape index (κ2) is 22.7. The van der Waals surface area contributed by atoms with Crippen molar-refractivity contribution >= 4 is 111 Å². The van der Waals surface area contributed by atoms with Crippen molar-refractivity contribution in [1.29, 1.82) is 0 Å². The fourth-order valence-corrected chi connectivity index (χ4v) is 2.07. The van der Waals surface area contributed by atoms with E-state index in [9.17, 15) is 4.57 Å². The quantitative estimate of drug-likeness (QED) is 0.340. The fourth-order valence-electron chi connectivity index (χ4n) is 1.75. The van der Waals surface area contributed by atoms with Gasteiger partial charge in [0.2, 0.25) is 0 Å². The Kier molecular flexibility index (Phi) is 33.2. The van der Waals surface area contributed by atoms with Gasteiger partial charge in [-0.05, 0) is 6.42 Å². The van der Waals surface area contributed by atoms with Gasteiger partial charge in [0.15, 0.2) is 0 Å². The average Bonchev–Trinajstić information content (AvgIpc) is 2.25. The third-order valence-corrected chi connectivity index (χ3v) is 3.17. The van der Waals surface area contributed by atoms with E-state index in [1.165, 1.54) is 51.4 Å². The zero-order valence-corrected chi connectivity index (χ0v) is 11.5. The van der Waals surface area contributed by atoms with Crippen molar-refractivity contribution in [3.63, 3.8) is 0 Å². The molecule has 3 nitrogen and oxygen atoms in total. The fraction of sp³-hybridized carbons (Fsp3) is 1.00. The van der Waals surface area contributed by atoms with Gasteiger partial charge in [-0.3, -0.25) is 4.57 Å². The predicted octanol–water partition coefficient (Wildman–Crippen LogP) is 3.01. The molecule has 0 spiro atoms. The van der Waals surface area contributed by atoms with Crippen molar-refractivity contribution in [2.45, 2.75) is 71.1 Å². The first kappa shape index (κ1) is 26.3. The van der Waals surface area contributed by atoms with Gasteiger partial charge in [-0.2, -0.15) is 0 Å². The number of hydrogen-bond donors (Lipinski definition) is 1. The molecule has 1 N–H and O–H groups in total. The van der Waals surface area contributed by atoms with Crippen molar-refractivity contribution in [2.24, 2.45) is 0 Å². The molecular weight excluding hydrogens is 301 g/mol. The molecule has 1 atom stereocenters. The molecule has 0 saturated carbocycles. The average molecular weight is 331 g/mol. The van der Waals surface area contributed by atoms with Crippen LogP contribution in [0.1, 0.15) is 71.1 Å². The summed E-state index contributed by atoms with van der Waals surface area (Å²) < 4.78 is 14.8. The Bertz CT molecular complexity index is 171. The van der Waals surface area contributed by atoms with Crippen molar-refractivity contribution in [3.8, 4) is 0 Å². The molecule has 0 amide bonds. The van der Waals surface area contributed by atoms with E-state index in [0.29, 0.717) is 6.61 Å². The minimum absolute atomic E-state index is 0. The Labute approximate surface area is 198 Å². The Morgan fingerprint density at radius 1 is 0.833 bits per heavy atom. The molecule has 0 aromatic heterocycles. The zero-order chi connectivity index (χ0) is 12.1. The van der Waals surface area contributed by atoms with Gasteiger partial charge >= 0.3 is 111 Å². The van der Waals surface area contributed by atoms with Crippen LogP contribution in [0.4, 0.5) is 0 Å². The summed E-state index contributed by atoms with van der Waals surface area (Å²) in [5.41, 5.74) is 0. The van der Waals surface area contributed by atoms with Gasteiger partial charge in [0.25, 0.3) is 0 Å². The molecular formula is C12H29K2O3P. The molecule has 6 heteroatoms. The second-order valence-electron chi connectivity index (χ2n) is 4.30. The summed E-state index contributed by atoms with van der Waals surface area (Å²) in [5.74, 6) is 0. The van der Waals surface area contributed by atoms with Crippen LogP contribution in [-0.4, -0.2) is 114 Å². The van der Waals surface area contributed by atoms with Crippen molar-refractivity contribution in [1.82, 2.24) is 0 Å². The monoisotopic (exact) mass is 330 g/mol. The van der Waals surface area contributed by atoms with Crippen molar-refractivity contribution in [2.75, 3.05) is 6.61 Å². The molecule has 1 unspecified atom stereocenters. The van der Waals surface area contributed by atoms with Crippen LogP contribution in [0.3, 0.4) is 0 Å². The molecule has 0 heterocycles. The van der Waals surface area contributed by atoms with E-state index in [-0.39, 0.29) is 103 Å². The van der Waals surface area contributed by atoms with Gasteiger partial charge in [-0.1, -0.05) is 64.7 Å². The normalized spacial score (nSPS) is 11.4. The predicted molar refractivity (Wildman–Crippen MR) is 83.3 cm³/mol. The number of rotatable bonds is 12. The molecule has 18 heavy (non-hydrogen) atoms. The van der Waals surface area contributed by atoms with E-state index >= 15 is 0 Å². The van der Waals surface area contributed by atoms with E-state index in [1.807, 2.05) is 0 Å². The molecule has 0 radical (unpaired) electrons. The van der Waals surface area contributed by atoms with Crippen LogP contribution in [0.25, 0.3) is 0 Å². The molecule has 0 bridgehead atoms.